The van der Waals surface area contributed by atoms with Gasteiger partial charge < -0.3 is 20.5 Å². The molecule has 0 spiro atoms. The maximum atomic E-state index is 11.6. The van der Waals surface area contributed by atoms with Crippen LogP contribution >= 0.6 is 15.9 Å². The van der Waals surface area contributed by atoms with Crippen LogP contribution in [0.4, 0.5) is 17.2 Å². The summed E-state index contributed by atoms with van der Waals surface area (Å²) in [6.45, 7) is 7.33. The minimum absolute atomic E-state index is 0.162. The van der Waals surface area contributed by atoms with Crippen LogP contribution in [0.15, 0.2) is 47.2 Å². The van der Waals surface area contributed by atoms with Gasteiger partial charge in [-0.25, -0.2) is 9.97 Å². The molecular weight excluding hydrogens is 500 g/mol. The number of piperazine rings is 1. The van der Waals surface area contributed by atoms with Crippen molar-refractivity contribution < 1.29 is 14.3 Å². The number of nitrogens with one attached hydrogen (secondary N) is 1. The molecule has 0 saturated carbocycles. The molecule has 1 saturated heterocycles. The van der Waals surface area contributed by atoms with Gasteiger partial charge in [0.05, 0.1) is 24.4 Å². The number of benzene rings is 2. The molecule has 10 heteroatoms. The number of nitrogen functional groups attached to an aromatic ring is 1. The number of hydrogen-bond donors (Lipinski definition) is 2. The van der Waals surface area contributed by atoms with E-state index in [1.807, 2.05) is 43.3 Å². The number of nitrogens with two attached hydrogens (primary N) is 1. The third kappa shape index (κ3) is 6.34. The van der Waals surface area contributed by atoms with E-state index in [4.69, 9.17) is 15.2 Å². The third-order valence-electron chi connectivity index (χ3n) is 5.64. The summed E-state index contributed by atoms with van der Waals surface area (Å²) < 4.78 is 12.0. The maximum Gasteiger partial charge on any atom is 0.320 e. The lowest BCUT2D eigenvalue weighted by Crippen LogP contribution is -2.49. The maximum absolute atomic E-state index is 11.6. The summed E-state index contributed by atoms with van der Waals surface area (Å²) in [6.07, 6.45) is 1.53. The van der Waals surface area contributed by atoms with Crippen molar-refractivity contribution in [3.8, 4) is 5.75 Å². The van der Waals surface area contributed by atoms with Crippen LogP contribution in [0.25, 0.3) is 10.9 Å². The van der Waals surface area contributed by atoms with Crippen molar-refractivity contribution in [2.75, 3.05) is 63.5 Å². The lowest BCUT2D eigenvalue weighted by Gasteiger charge is -2.33. The molecule has 0 bridgehead atoms. The fourth-order valence-electron chi connectivity index (χ4n) is 3.87. The van der Waals surface area contributed by atoms with Gasteiger partial charge in [-0.3, -0.25) is 14.6 Å². The molecule has 1 fully saturated rings. The normalized spacial score (nSPS) is 14.8. The Kier molecular flexibility index (Phi) is 8.15. The van der Waals surface area contributed by atoms with Crippen LogP contribution in [0.5, 0.6) is 5.75 Å². The Morgan fingerprint density at radius 2 is 1.94 bits per heavy atom. The molecule has 34 heavy (non-hydrogen) atoms. The molecule has 3 N–H and O–H groups in total. The predicted molar refractivity (Wildman–Crippen MR) is 136 cm³/mol. The monoisotopic (exact) mass is 528 g/mol. The molecule has 180 valence electrons. The Morgan fingerprint density at radius 1 is 1.15 bits per heavy atom. The van der Waals surface area contributed by atoms with Crippen molar-refractivity contribution in [1.82, 2.24) is 19.8 Å². The van der Waals surface area contributed by atoms with Gasteiger partial charge in [0.25, 0.3) is 0 Å². The van der Waals surface area contributed by atoms with Gasteiger partial charge in [-0.1, -0.05) is 22.0 Å². The number of carbonyl (C=O) groups excluding carboxylic acids is 1. The Labute approximate surface area is 207 Å². The van der Waals surface area contributed by atoms with E-state index < -0.39 is 0 Å². The zero-order valence-electron chi connectivity index (χ0n) is 19.2. The zero-order chi connectivity index (χ0) is 23.9. The Balaban J connectivity index is 1.33. The molecule has 1 aliphatic heterocycles. The minimum atomic E-state index is -0.162. The first-order chi connectivity index (χ1) is 16.5. The van der Waals surface area contributed by atoms with Crippen molar-refractivity contribution in [2.24, 2.45) is 0 Å². The highest BCUT2D eigenvalue weighted by Crippen LogP contribution is 2.31. The minimum Gasteiger partial charge on any atom is -0.490 e. The number of halogens is 1. The Morgan fingerprint density at radius 3 is 2.71 bits per heavy atom. The zero-order valence-corrected chi connectivity index (χ0v) is 20.8. The first-order valence-electron chi connectivity index (χ1n) is 11.3. The quantitative estimate of drug-likeness (QED) is 0.319. The van der Waals surface area contributed by atoms with E-state index in [1.54, 1.807) is 0 Å². The number of ether oxygens (including phenoxy) is 2. The molecule has 0 amide bonds. The van der Waals surface area contributed by atoms with Crippen LogP contribution in [0.3, 0.4) is 0 Å². The number of hydrogen-bond acceptors (Lipinski definition) is 9. The van der Waals surface area contributed by atoms with Gasteiger partial charge in [-0.05, 0) is 31.2 Å². The van der Waals surface area contributed by atoms with Gasteiger partial charge in [-0.15, -0.1) is 0 Å². The van der Waals surface area contributed by atoms with Crippen molar-refractivity contribution in [1.29, 1.82) is 0 Å². The molecule has 0 atom stereocenters. The van der Waals surface area contributed by atoms with Crippen molar-refractivity contribution in [3.05, 3.63) is 47.2 Å². The van der Waals surface area contributed by atoms with Gasteiger partial charge >= 0.3 is 5.97 Å². The number of carbonyl (C=O) groups is 1. The number of aromatic nitrogens is 2. The van der Waals surface area contributed by atoms with Crippen LogP contribution in [0.1, 0.15) is 6.92 Å². The number of esters is 1. The topological polar surface area (TPSA) is 106 Å². The van der Waals surface area contributed by atoms with E-state index in [-0.39, 0.29) is 5.97 Å². The number of anilines is 3. The summed E-state index contributed by atoms with van der Waals surface area (Å²) >= 11 is 3.48. The van der Waals surface area contributed by atoms with Crippen LogP contribution in [0, 0.1) is 0 Å². The summed E-state index contributed by atoms with van der Waals surface area (Å²) in [5.41, 5.74) is 8.51. The van der Waals surface area contributed by atoms with Gasteiger partial charge in [0.1, 0.15) is 24.5 Å². The van der Waals surface area contributed by atoms with Gasteiger partial charge in [0.2, 0.25) is 0 Å². The molecule has 2 heterocycles. The SMILES string of the molecule is CCOC(=O)CN1CCN(CCOc2cc3ncnc(Nc4cccc(Br)c4)c3cc2N)CC1. The predicted octanol–water partition coefficient (Wildman–Crippen LogP) is 3.28. The molecule has 0 aliphatic carbocycles. The fraction of sp³-hybridized carbons (Fsp3) is 0.375. The average Bonchev–Trinajstić information content (AvgIpc) is 2.81. The van der Waals surface area contributed by atoms with Crippen molar-refractivity contribution >= 4 is 50.0 Å². The highest BCUT2D eigenvalue weighted by molar-refractivity contribution is 9.10. The molecule has 0 radical (unpaired) electrons. The van der Waals surface area contributed by atoms with Crippen LogP contribution in [0.2, 0.25) is 0 Å². The van der Waals surface area contributed by atoms with Gasteiger partial charge in [0, 0.05) is 54.3 Å². The van der Waals surface area contributed by atoms with Crippen LogP contribution in [-0.4, -0.2) is 78.2 Å². The summed E-state index contributed by atoms with van der Waals surface area (Å²) in [6, 6.07) is 11.6. The standard InChI is InChI=1S/C24H29BrN6O3/c1-2-33-23(32)15-31-8-6-30(7-9-31)10-11-34-22-14-21-19(13-20(22)26)24(28-16-27-21)29-18-5-3-4-17(25)12-18/h3-5,12-14,16H,2,6-11,15,26H2,1H3,(H,27,28,29). The summed E-state index contributed by atoms with van der Waals surface area (Å²) in [4.78, 5) is 24.9. The molecule has 4 rings (SSSR count). The number of rotatable bonds is 9. The van der Waals surface area contributed by atoms with E-state index >= 15 is 0 Å². The van der Waals surface area contributed by atoms with E-state index in [1.165, 1.54) is 6.33 Å². The molecule has 2 aromatic carbocycles. The van der Waals surface area contributed by atoms with Crippen LogP contribution < -0.4 is 15.8 Å². The number of nitrogens with zero attached hydrogens (tertiary/aromatic N) is 4. The highest BCUT2D eigenvalue weighted by Gasteiger charge is 2.19. The first-order valence-corrected chi connectivity index (χ1v) is 12.1. The van der Waals surface area contributed by atoms with Crippen molar-refractivity contribution in [2.45, 2.75) is 6.92 Å². The summed E-state index contributed by atoms with van der Waals surface area (Å²) in [5, 5.41) is 4.15. The molecular formula is C24H29BrN6O3. The third-order valence-corrected chi connectivity index (χ3v) is 6.14. The Hall–Kier alpha value is -2.95. The largest absolute Gasteiger partial charge is 0.490 e. The van der Waals surface area contributed by atoms with Gasteiger partial charge in [-0.2, -0.15) is 0 Å². The smallest absolute Gasteiger partial charge is 0.320 e. The van der Waals surface area contributed by atoms with E-state index in [0.717, 1.165) is 53.8 Å². The molecule has 9 nitrogen and oxygen atoms in total. The molecule has 3 aromatic rings. The second-order valence-corrected chi connectivity index (χ2v) is 8.95. The molecule has 1 aliphatic rings. The second-order valence-electron chi connectivity index (χ2n) is 8.04. The molecule has 0 unspecified atom stereocenters. The highest BCUT2D eigenvalue weighted by atomic mass is 79.9. The summed E-state index contributed by atoms with van der Waals surface area (Å²) in [5.74, 6) is 1.13. The average molecular weight is 529 g/mol. The van der Waals surface area contributed by atoms with Crippen molar-refractivity contribution in [3.63, 3.8) is 0 Å². The lowest BCUT2D eigenvalue weighted by molar-refractivity contribution is -0.144. The van der Waals surface area contributed by atoms with Crippen LogP contribution in [-0.2, 0) is 9.53 Å². The second kappa shape index (κ2) is 11.5. The number of fused-ring (bicyclic) bond motifs is 1. The Bertz CT molecular complexity index is 1140. The lowest BCUT2D eigenvalue weighted by atomic mass is 10.2. The summed E-state index contributed by atoms with van der Waals surface area (Å²) in [7, 11) is 0. The fourth-order valence-corrected chi connectivity index (χ4v) is 4.27. The van der Waals surface area contributed by atoms with E-state index in [2.05, 4.69) is 41.0 Å². The van der Waals surface area contributed by atoms with E-state index in [9.17, 15) is 4.79 Å². The molecule has 1 aromatic heterocycles. The van der Waals surface area contributed by atoms with E-state index in [0.29, 0.717) is 37.0 Å². The van der Waals surface area contributed by atoms with Gasteiger partial charge in [0.15, 0.2) is 0 Å². The first kappa shape index (κ1) is 24.2.